The second-order valence-electron chi connectivity index (χ2n) is 5.43. The molecule has 0 spiro atoms. The predicted octanol–water partition coefficient (Wildman–Crippen LogP) is 2.14. The molecule has 1 aromatic carbocycles. The minimum atomic E-state index is -0.0892. The Morgan fingerprint density at radius 2 is 2.30 bits per heavy atom. The fraction of sp³-hybridized carbons (Fsp3) is 0.600. The number of ether oxygens (including phenoxy) is 1. The van der Waals surface area contributed by atoms with Gasteiger partial charge < -0.3 is 20.1 Å². The van der Waals surface area contributed by atoms with E-state index in [1.165, 1.54) is 11.3 Å². The summed E-state index contributed by atoms with van der Waals surface area (Å²) in [6, 6.07) is 6.83. The summed E-state index contributed by atoms with van der Waals surface area (Å²) in [5.41, 5.74) is 2.50. The Labute approximate surface area is 129 Å². The highest BCUT2D eigenvalue weighted by molar-refractivity contribution is 9.10. The van der Waals surface area contributed by atoms with Gasteiger partial charge in [0.1, 0.15) is 0 Å². The number of hydrogen-bond donors (Lipinski definition) is 2. The number of hydrogen-bond acceptors (Lipinski definition) is 4. The summed E-state index contributed by atoms with van der Waals surface area (Å²) in [6.45, 7) is 7.48. The molecular weight excluding hydrogens is 320 g/mol. The van der Waals surface area contributed by atoms with Crippen LogP contribution in [0.2, 0.25) is 0 Å². The number of anilines is 1. The zero-order chi connectivity index (χ0) is 14.5. The molecule has 0 saturated carbocycles. The van der Waals surface area contributed by atoms with Crippen molar-refractivity contribution in [3.63, 3.8) is 0 Å². The molecule has 0 aliphatic carbocycles. The maximum atomic E-state index is 9.28. The first kappa shape index (κ1) is 15.8. The van der Waals surface area contributed by atoms with E-state index < -0.39 is 0 Å². The van der Waals surface area contributed by atoms with Crippen LogP contribution in [-0.4, -0.2) is 43.6 Å². The normalized spacial score (nSPS) is 19.6. The van der Waals surface area contributed by atoms with Crippen molar-refractivity contribution >= 4 is 21.6 Å². The van der Waals surface area contributed by atoms with Gasteiger partial charge in [-0.15, -0.1) is 0 Å². The van der Waals surface area contributed by atoms with Crippen LogP contribution in [0.25, 0.3) is 0 Å². The van der Waals surface area contributed by atoms with Gasteiger partial charge in [0.25, 0.3) is 0 Å². The summed E-state index contributed by atoms with van der Waals surface area (Å²) < 4.78 is 6.60. The average molecular weight is 343 g/mol. The number of nitrogens with one attached hydrogen (secondary N) is 1. The largest absolute Gasteiger partial charge is 0.394 e. The lowest BCUT2D eigenvalue weighted by Crippen LogP contribution is -2.44. The lowest BCUT2D eigenvalue weighted by Gasteiger charge is -2.35. The molecule has 20 heavy (non-hydrogen) atoms. The van der Waals surface area contributed by atoms with Crippen LogP contribution < -0.4 is 10.2 Å². The van der Waals surface area contributed by atoms with E-state index in [0.29, 0.717) is 12.6 Å². The number of rotatable bonds is 5. The third-order valence-electron chi connectivity index (χ3n) is 3.43. The van der Waals surface area contributed by atoms with Crippen LogP contribution >= 0.6 is 15.9 Å². The zero-order valence-corrected chi connectivity index (χ0v) is 13.7. The topological polar surface area (TPSA) is 44.7 Å². The molecule has 1 fully saturated rings. The van der Waals surface area contributed by atoms with Gasteiger partial charge in [-0.05, 0) is 17.7 Å². The van der Waals surface area contributed by atoms with Gasteiger partial charge in [-0.3, -0.25) is 0 Å². The average Bonchev–Trinajstić information content (AvgIpc) is 2.46. The molecule has 2 rings (SSSR count). The second kappa shape index (κ2) is 7.41. The lowest BCUT2D eigenvalue weighted by atomic mass is 10.1. The van der Waals surface area contributed by atoms with Gasteiger partial charge in [0.15, 0.2) is 0 Å². The van der Waals surface area contributed by atoms with Crippen molar-refractivity contribution < 1.29 is 9.84 Å². The van der Waals surface area contributed by atoms with Crippen molar-refractivity contribution in [1.82, 2.24) is 5.32 Å². The van der Waals surface area contributed by atoms with E-state index in [1.54, 1.807) is 0 Å². The molecular formula is C15H23BrN2O2. The van der Waals surface area contributed by atoms with Gasteiger partial charge in [-0.2, -0.15) is 0 Å². The van der Waals surface area contributed by atoms with Crippen molar-refractivity contribution in [2.45, 2.75) is 32.5 Å². The summed E-state index contributed by atoms with van der Waals surface area (Å²) in [5.74, 6) is 0. The van der Waals surface area contributed by atoms with Crippen molar-refractivity contribution in [3.05, 3.63) is 28.2 Å². The van der Waals surface area contributed by atoms with Gasteiger partial charge in [0.05, 0.1) is 19.3 Å². The van der Waals surface area contributed by atoms with E-state index in [0.717, 1.165) is 24.1 Å². The second-order valence-corrected chi connectivity index (χ2v) is 6.35. The number of aliphatic hydroxyl groups excluding tert-OH is 1. The van der Waals surface area contributed by atoms with Crippen LogP contribution in [0.4, 0.5) is 5.69 Å². The van der Waals surface area contributed by atoms with Crippen LogP contribution in [0.15, 0.2) is 22.7 Å². The zero-order valence-electron chi connectivity index (χ0n) is 12.1. The van der Waals surface area contributed by atoms with Crippen LogP contribution in [0.3, 0.4) is 0 Å². The molecule has 1 atom stereocenters. The molecule has 1 saturated heterocycles. The molecule has 1 aliphatic heterocycles. The quantitative estimate of drug-likeness (QED) is 0.860. The molecule has 0 amide bonds. The Hall–Kier alpha value is -0.620. The molecule has 1 unspecified atom stereocenters. The van der Waals surface area contributed by atoms with Crippen molar-refractivity contribution in [1.29, 1.82) is 0 Å². The molecule has 0 radical (unpaired) electrons. The summed E-state index contributed by atoms with van der Waals surface area (Å²) in [7, 11) is 0. The van der Waals surface area contributed by atoms with Crippen LogP contribution in [0.5, 0.6) is 0 Å². The van der Waals surface area contributed by atoms with Gasteiger partial charge in [0, 0.05) is 35.8 Å². The SMILES string of the molecule is CC(C)NCc1ccc(Br)cc1N1CCOC(CO)C1. The first-order valence-corrected chi connectivity index (χ1v) is 7.88. The number of halogens is 1. The summed E-state index contributed by atoms with van der Waals surface area (Å²) in [6.07, 6.45) is -0.0892. The van der Waals surface area contributed by atoms with E-state index in [-0.39, 0.29) is 12.7 Å². The lowest BCUT2D eigenvalue weighted by molar-refractivity contribution is 0.00352. The summed E-state index contributed by atoms with van der Waals surface area (Å²) >= 11 is 3.55. The Bertz CT molecular complexity index is 440. The third kappa shape index (κ3) is 4.19. The first-order valence-electron chi connectivity index (χ1n) is 7.09. The molecule has 1 heterocycles. The van der Waals surface area contributed by atoms with Crippen LogP contribution in [0.1, 0.15) is 19.4 Å². The number of benzene rings is 1. The number of aliphatic hydroxyl groups is 1. The monoisotopic (exact) mass is 342 g/mol. The van der Waals surface area contributed by atoms with E-state index >= 15 is 0 Å². The first-order chi connectivity index (χ1) is 9.60. The number of morpholine rings is 1. The molecule has 112 valence electrons. The summed E-state index contributed by atoms with van der Waals surface area (Å²) in [4.78, 5) is 2.30. The van der Waals surface area contributed by atoms with Crippen LogP contribution in [-0.2, 0) is 11.3 Å². The number of nitrogens with zero attached hydrogens (tertiary/aromatic N) is 1. The van der Waals surface area contributed by atoms with E-state index in [2.05, 4.69) is 58.2 Å². The van der Waals surface area contributed by atoms with E-state index in [4.69, 9.17) is 4.74 Å². The van der Waals surface area contributed by atoms with Crippen LogP contribution in [0, 0.1) is 0 Å². The third-order valence-corrected chi connectivity index (χ3v) is 3.92. The highest BCUT2D eigenvalue weighted by Crippen LogP contribution is 2.27. The maximum Gasteiger partial charge on any atom is 0.0980 e. The molecule has 1 aliphatic rings. The Morgan fingerprint density at radius 1 is 1.50 bits per heavy atom. The van der Waals surface area contributed by atoms with Gasteiger partial charge in [-0.25, -0.2) is 0 Å². The summed E-state index contributed by atoms with van der Waals surface area (Å²) in [5, 5.41) is 12.7. The van der Waals surface area contributed by atoms with E-state index in [1.807, 2.05) is 0 Å². The molecule has 4 nitrogen and oxygen atoms in total. The highest BCUT2D eigenvalue weighted by Gasteiger charge is 2.21. The van der Waals surface area contributed by atoms with Gasteiger partial charge >= 0.3 is 0 Å². The van der Waals surface area contributed by atoms with Crippen molar-refractivity contribution in [2.75, 3.05) is 31.2 Å². The fourth-order valence-electron chi connectivity index (χ4n) is 2.34. The smallest absolute Gasteiger partial charge is 0.0980 e. The maximum absolute atomic E-state index is 9.28. The highest BCUT2D eigenvalue weighted by atomic mass is 79.9. The molecule has 5 heteroatoms. The Kier molecular flexibility index (Phi) is 5.84. The van der Waals surface area contributed by atoms with E-state index in [9.17, 15) is 5.11 Å². The Balaban J connectivity index is 2.17. The predicted molar refractivity (Wildman–Crippen MR) is 85.2 cm³/mol. The van der Waals surface area contributed by atoms with Crippen molar-refractivity contribution in [3.8, 4) is 0 Å². The Morgan fingerprint density at radius 3 is 3.00 bits per heavy atom. The molecule has 0 bridgehead atoms. The molecule has 2 N–H and O–H groups in total. The van der Waals surface area contributed by atoms with Crippen molar-refractivity contribution in [2.24, 2.45) is 0 Å². The fourth-order valence-corrected chi connectivity index (χ4v) is 2.69. The minimum absolute atomic E-state index is 0.0735. The molecule has 0 aromatic heterocycles. The minimum Gasteiger partial charge on any atom is -0.394 e. The molecule has 1 aromatic rings. The van der Waals surface area contributed by atoms with Gasteiger partial charge in [0.2, 0.25) is 0 Å². The standard InChI is InChI=1S/C15H23BrN2O2/c1-11(2)17-8-12-3-4-13(16)7-15(12)18-5-6-20-14(9-18)10-19/h3-4,7,11,14,17,19H,5-6,8-10H2,1-2H3. The van der Waals surface area contributed by atoms with Gasteiger partial charge in [-0.1, -0.05) is 35.8 Å².